The van der Waals surface area contributed by atoms with Crippen LogP contribution in [0.25, 0.3) is 0 Å². The van der Waals surface area contributed by atoms with Crippen LogP contribution in [0.1, 0.15) is 22.8 Å². The highest BCUT2D eigenvalue weighted by Gasteiger charge is 2.17. The lowest BCUT2D eigenvalue weighted by Crippen LogP contribution is -2.01. The fourth-order valence-corrected chi connectivity index (χ4v) is 1.96. The van der Waals surface area contributed by atoms with Crippen LogP contribution in [0.2, 0.25) is 5.02 Å². The summed E-state index contributed by atoms with van der Waals surface area (Å²) >= 11 is 6.00. The van der Waals surface area contributed by atoms with E-state index in [9.17, 15) is 14.9 Å². The van der Waals surface area contributed by atoms with Crippen molar-refractivity contribution in [1.82, 2.24) is 0 Å². The van der Waals surface area contributed by atoms with Gasteiger partial charge in [0.05, 0.1) is 4.92 Å². The Morgan fingerprint density at radius 2 is 2.00 bits per heavy atom. The molecule has 2 aromatic rings. The minimum Gasteiger partial charge on any atom is -0.482 e. The first-order chi connectivity index (χ1) is 9.99. The van der Waals surface area contributed by atoms with Gasteiger partial charge in [-0.05, 0) is 25.1 Å². The zero-order chi connectivity index (χ0) is 15.4. The number of nitro groups is 1. The largest absolute Gasteiger partial charge is 0.482 e. The lowest BCUT2D eigenvalue weighted by Gasteiger charge is -2.08. The van der Waals surface area contributed by atoms with Gasteiger partial charge in [0.2, 0.25) is 0 Å². The van der Waals surface area contributed by atoms with Crippen molar-refractivity contribution in [2.24, 2.45) is 0 Å². The minimum atomic E-state index is -0.575. The quantitative estimate of drug-likeness (QED) is 0.475. The zero-order valence-corrected chi connectivity index (χ0v) is 12.0. The molecule has 0 heterocycles. The van der Waals surface area contributed by atoms with Crippen LogP contribution in [0.15, 0.2) is 42.5 Å². The summed E-state index contributed by atoms with van der Waals surface area (Å²) in [5.74, 6) is -0.138. The number of Topliss-reactive ketones (excluding diaryl/α,β-unsaturated/α-hetero) is 1. The number of benzene rings is 2. The second kappa shape index (κ2) is 6.37. The van der Waals surface area contributed by atoms with Gasteiger partial charge in [-0.2, -0.15) is 0 Å². The molecular weight excluding hydrogens is 294 g/mol. The Kier molecular flexibility index (Phi) is 4.55. The number of nitrogens with zero attached hydrogens (tertiary/aromatic N) is 1. The molecule has 0 aliphatic carbocycles. The molecule has 2 aromatic carbocycles. The van der Waals surface area contributed by atoms with Gasteiger partial charge in [-0.1, -0.05) is 29.8 Å². The molecule has 0 aliphatic heterocycles. The molecule has 0 unspecified atom stereocenters. The van der Waals surface area contributed by atoms with Crippen LogP contribution in [0.5, 0.6) is 5.75 Å². The Labute approximate surface area is 126 Å². The molecule has 5 nitrogen and oxygen atoms in total. The molecular formula is C15H12ClNO4. The Morgan fingerprint density at radius 1 is 1.29 bits per heavy atom. The van der Waals surface area contributed by atoms with E-state index < -0.39 is 4.92 Å². The van der Waals surface area contributed by atoms with E-state index in [0.717, 1.165) is 5.56 Å². The predicted octanol–water partition coefficient (Wildman–Crippen LogP) is 4.03. The van der Waals surface area contributed by atoms with Crippen LogP contribution in [0.4, 0.5) is 5.69 Å². The van der Waals surface area contributed by atoms with Crippen LogP contribution in [-0.2, 0) is 6.61 Å². The third-order valence-corrected chi connectivity index (χ3v) is 3.27. The van der Waals surface area contributed by atoms with Crippen molar-refractivity contribution < 1.29 is 14.5 Å². The smallest absolute Gasteiger partial charge is 0.311 e. The van der Waals surface area contributed by atoms with E-state index >= 15 is 0 Å². The average Bonchev–Trinajstić information content (AvgIpc) is 2.46. The third-order valence-electron chi connectivity index (χ3n) is 2.90. The Balaban J connectivity index is 2.26. The molecule has 0 atom stereocenters. The van der Waals surface area contributed by atoms with Crippen molar-refractivity contribution in [1.29, 1.82) is 0 Å². The number of carbonyl (C=O) groups is 1. The van der Waals surface area contributed by atoms with E-state index in [0.29, 0.717) is 5.02 Å². The third kappa shape index (κ3) is 3.58. The van der Waals surface area contributed by atoms with Crippen molar-refractivity contribution in [3.63, 3.8) is 0 Å². The van der Waals surface area contributed by atoms with Crippen molar-refractivity contribution in [2.75, 3.05) is 0 Å². The summed E-state index contributed by atoms with van der Waals surface area (Å²) in [6.45, 7) is 1.46. The Hall–Kier alpha value is -2.40. The number of carbonyl (C=O) groups excluding carboxylic acids is 1. The number of hydrogen-bond acceptors (Lipinski definition) is 4. The van der Waals surface area contributed by atoms with Crippen molar-refractivity contribution in [2.45, 2.75) is 13.5 Å². The van der Waals surface area contributed by atoms with Crippen molar-refractivity contribution >= 4 is 23.1 Å². The maximum absolute atomic E-state index is 11.3. The minimum absolute atomic E-state index is 0.102. The Bertz CT molecular complexity index is 700. The van der Waals surface area contributed by atoms with Crippen molar-refractivity contribution in [3.05, 3.63) is 68.7 Å². The molecule has 0 radical (unpaired) electrons. The van der Waals surface area contributed by atoms with Gasteiger partial charge in [0, 0.05) is 22.2 Å². The molecule has 0 N–H and O–H groups in total. The molecule has 0 fully saturated rings. The first kappa shape index (κ1) is 15.0. The number of rotatable bonds is 5. The fourth-order valence-electron chi connectivity index (χ4n) is 1.77. The van der Waals surface area contributed by atoms with Gasteiger partial charge < -0.3 is 4.74 Å². The zero-order valence-electron chi connectivity index (χ0n) is 11.2. The second-order valence-electron chi connectivity index (χ2n) is 4.38. The van der Waals surface area contributed by atoms with Gasteiger partial charge in [0.25, 0.3) is 0 Å². The maximum Gasteiger partial charge on any atom is 0.311 e. The summed E-state index contributed by atoms with van der Waals surface area (Å²) in [7, 11) is 0. The second-order valence-corrected chi connectivity index (χ2v) is 4.78. The van der Waals surface area contributed by atoms with Crippen LogP contribution in [0, 0.1) is 10.1 Å². The van der Waals surface area contributed by atoms with Gasteiger partial charge in [-0.3, -0.25) is 14.9 Å². The number of halogens is 1. The molecule has 108 valence electrons. The van der Waals surface area contributed by atoms with Gasteiger partial charge in [0.1, 0.15) is 6.61 Å². The van der Waals surface area contributed by atoms with Crippen LogP contribution in [-0.4, -0.2) is 10.7 Å². The molecule has 0 bridgehead atoms. The SMILES string of the molecule is CC(=O)c1ccc(OCc2ccccc2Cl)c([N+](=O)[O-])c1. The van der Waals surface area contributed by atoms with E-state index in [4.69, 9.17) is 16.3 Å². The summed E-state index contributed by atoms with van der Waals surface area (Å²) in [5, 5.41) is 11.6. The Morgan fingerprint density at radius 3 is 2.62 bits per heavy atom. The molecule has 2 rings (SSSR count). The summed E-state index contributed by atoms with van der Waals surface area (Å²) in [4.78, 5) is 21.8. The number of hydrogen-bond donors (Lipinski definition) is 0. The van der Waals surface area contributed by atoms with Gasteiger partial charge >= 0.3 is 5.69 Å². The molecule has 6 heteroatoms. The number of nitro benzene ring substituents is 1. The van der Waals surface area contributed by atoms with E-state index in [-0.39, 0.29) is 29.4 Å². The predicted molar refractivity (Wildman–Crippen MR) is 78.9 cm³/mol. The molecule has 0 spiro atoms. The molecule has 0 saturated heterocycles. The highest BCUT2D eigenvalue weighted by atomic mass is 35.5. The van der Waals surface area contributed by atoms with E-state index in [1.807, 2.05) is 0 Å². The monoisotopic (exact) mass is 305 g/mol. The van der Waals surface area contributed by atoms with E-state index in [2.05, 4.69) is 0 Å². The van der Waals surface area contributed by atoms with Crippen LogP contribution in [0.3, 0.4) is 0 Å². The molecule has 0 aliphatic rings. The summed E-state index contributed by atoms with van der Waals surface area (Å²) in [6.07, 6.45) is 0. The molecule has 0 aromatic heterocycles. The summed E-state index contributed by atoms with van der Waals surface area (Å²) in [6, 6.07) is 11.2. The first-order valence-electron chi connectivity index (χ1n) is 6.14. The molecule has 0 saturated carbocycles. The molecule has 0 amide bonds. The first-order valence-corrected chi connectivity index (χ1v) is 6.52. The van der Waals surface area contributed by atoms with E-state index in [1.165, 1.54) is 25.1 Å². The number of ether oxygens (including phenoxy) is 1. The summed E-state index contributed by atoms with van der Waals surface area (Å²) in [5.41, 5.74) is 0.755. The lowest BCUT2D eigenvalue weighted by molar-refractivity contribution is -0.386. The van der Waals surface area contributed by atoms with Gasteiger partial charge in [0.15, 0.2) is 11.5 Å². The van der Waals surface area contributed by atoms with E-state index in [1.54, 1.807) is 24.3 Å². The van der Waals surface area contributed by atoms with Gasteiger partial charge in [-0.15, -0.1) is 0 Å². The number of ketones is 1. The van der Waals surface area contributed by atoms with Crippen LogP contribution >= 0.6 is 11.6 Å². The van der Waals surface area contributed by atoms with Crippen molar-refractivity contribution in [3.8, 4) is 5.75 Å². The normalized spacial score (nSPS) is 10.2. The highest BCUT2D eigenvalue weighted by Crippen LogP contribution is 2.29. The lowest BCUT2D eigenvalue weighted by atomic mass is 10.1. The van der Waals surface area contributed by atoms with Gasteiger partial charge in [-0.25, -0.2) is 0 Å². The highest BCUT2D eigenvalue weighted by molar-refractivity contribution is 6.31. The average molecular weight is 306 g/mol. The maximum atomic E-state index is 11.3. The topological polar surface area (TPSA) is 69.4 Å². The fraction of sp³-hybridized carbons (Fsp3) is 0.133. The molecule has 21 heavy (non-hydrogen) atoms. The van der Waals surface area contributed by atoms with Crippen LogP contribution < -0.4 is 4.74 Å². The standard InChI is InChI=1S/C15H12ClNO4/c1-10(18)11-6-7-15(14(8-11)17(19)20)21-9-12-4-2-3-5-13(12)16/h2-8H,9H2,1H3. The summed E-state index contributed by atoms with van der Waals surface area (Å²) < 4.78 is 5.46.